The summed E-state index contributed by atoms with van der Waals surface area (Å²) in [5, 5.41) is 3.41. The van der Waals surface area contributed by atoms with Crippen molar-refractivity contribution in [3.63, 3.8) is 0 Å². The zero-order chi connectivity index (χ0) is 15.9. The topological polar surface area (TPSA) is 50.8 Å². The van der Waals surface area contributed by atoms with Crippen LogP contribution in [0.5, 0.6) is 5.75 Å². The molecule has 0 saturated heterocycles. The van der Waals surface area contributed by atoms with Gasteiger partial charge >= 0.3 is 6.09 Å². The molecule has 1 aromatic carbocycles. The van der Waals surface area contributed by atoms with Crippen molar-refractivity contribution in [1.29, 1.82) is 0 Å². The molecule has 0 spiro atoms. The number of nitrogens with zero attached hydrogens (tertiary/aromatic N) is 1. The third kappa shape index (κ3) is 3.91. The van der Waals surface area contributed by atoms with Gasteiger partial charge in [0.05, 0.1) is 13.7 Å². The lowest BCUT2D eigenvalue weighted by molar-refractivity contribution is 0.102. The van der Waals surface area contributed by atoms with E-state index in [1.807, 2.05) is 6.92 Å². The van der Waals surface area contributed by atoms with E-state index >= 15 is 0 Å². The van der Waals surface area contributed by atoms with Crippen LogP contribution >= 0.6 is 0 Å². The molecule has 1 amide bonds. The Bertz CT molecular complexity index is 517. The van der Waals surface area contributed by atoms with Gasteiger partial charge in [0, 0.05) is 25.2 Å². The predicted molar refractivity (Wildman–Crippen MR) is 86.1 cm³/mol. The molecule has 1 aliphatic heterocycles. The molecule has 0 bridgehead atoms. The summed E-state index contributed by atoms with van der Waals surface area (Å²) in [4.78, 5) is 13.6. The van der Waals surface area contributed by atoms with Crippen molar-refractivity contribution in [2.24, 2.45) is 0 Å². The first kappa shape index (κ1) is 16.6. The van der Waals surface area contributed by atoms with Crippen LogP contribution < -0.4 is 10.1 Å². The summed E-state index contributed by atoms with van der Waals surface area (Å²) in [6.45, 7) is 7.50. The van der Waals surface area contributed by atoms with Crippen LogP contribution in [-0.4, -0.2) is 37.8 Å². The molecule has 2 rings (SSSR count). The second kappa shape index (κ2) is 8.03. The van der Waals surface area contributed by atoms with Crippen LogP contribution in [0.3, 0.4) is 0 Å². The molecule has 22 heavy (non-hydrogen) atoms. The number of carbonyl (C=O) groups excluding carboxylic acids is 1. The minimum absolute atomic E-state index is 0.235. The first-order valence-corrected chi connectivity index (χ1v) is 8.00. The second-order valence-electron chi connectivity index (χ2n) is 5.48. The van der Waals surface area contributed by atoms with Crippen LogP contribution in [0.2, 0.25) is 0 Å². The van der Waals surface area contributed by atoms with Crippen LogP contribution in [-0.2, 0) is 24.2 Å². The van der Waals surface area contributed by atoms with Crippen molar-refractivity contribution in [1.82, 2.24) is 10.2 Å². The lowest BCUT2D eigenvalue weighted by atomic mass is 9.96. The molecule has 1 aromatic rings. The molecule has 0 fully saturated rings. The Morgan fingerprint density at radius 2 is 2.14 bits per heavy atom. The summed E-state index contributed by atoms with van der Waals surface area (Å²) >= 11 is 0. The highest BCUT2D eigenvalue weighted by molar-refractivity contribution is 5.68. The summed E-state index contributed by atoms with van der Waals surface area (Å²) in [5.41, 5.74) is 3.63. The van der Waals surface area contributed by atoms with E-state index in [4.69, 9.17) is 9.47 Å². The fraction of sp³-hybridized carbons (Fsp3) is 0.588. The number of methoxy groups -OCH3 is 1. The quantitative estimate of drug-likeness (QED) is 0.821. The second-order valence-corrected chi connectivity index (χ2v) is 5.48. The molecule has 0 atom stereocenters. The summed E-state index contributed by atoms with van der Waals surface area (Å²) in [5.74, 6) is 0.882. The van der Waals surface area contributed by atoms with Gasteiger partial charge in [-0.3, -0.25) is 0 Å². The molecule has 0 saturated carbocycles. The monoisotopic (exact) mass is 306 g/mol. The first-order valence-electron chi connectivity index (χ1n) is 8.00. The Kier molecular flexibility index (Phi) is 6.07. The van der Waals surface area contributed by atoms with E-state index in [0.29, 0.717) is 19.7 Å². The van der Waals surface area contributed by atoms with Gasteiger partial charge < -0.3 is 19.7 Å². The lowest BCUT2D eigenvalue weighted by Gasteiger charge is -2.29. The van der Waals surface area contributed by atoms with Gasteiger partial charge in [-0.1, -0.05) is 13.0 Å². The van der Waals surface area contributed by atoms with E-state index in [1.54, 1.807) is 12.0 Å². The van der Waals surface area contributed by atoms with Crippen molar-refractivity contribution in [3.05, 3.63) is 28.8 Å². The van der Waals surface area contributed by atoms with Gasteiger partial charge in [0.15, 0.2) is 0 Å². The molecular formula is C17H26N2O3. The normalized spacial score (nSPS) is 13.7. The molecule has 0 aliphatic carbocycles. The maximum atomic E-state index is 11.9. The van der Waals surface area contributed by atoms with Gasteiger partial charge in [0.1, 0.15) is 5.75 Å². The number of rotatable bonds is 6. The maximum Gasteiger partial charge on any atom is 0.410 e. The molecule has 0 aromatic heterocycles. The smallest absolute Gasteiger partial charge is 0.410 e. The van der Waals surface area contributed by atoms with E-state index < -0.39 is 0 Å². The van der Waals surface area contributed by atoms with Crippen LogP contribution in [0, 0.1) is 0 Å². The SMILES string of the molecule is CCCNCc1cc2c(cc1OC)CN(C(=O)OCC)CC2. The molecule has 122 valence electrons. The Morgan fingerprint density at radius 3 is 2.82 bits per heavy atom. The minimum atomic E-state index is -0.235. The van der Waals surface area contributed by atoms with Gasteiger partial charge in [-0.05, 0) is 43.5 Å². The summed E-state index contributed by atoms with van der Waals surface area (Å²) in [6.07, 6.45) is 1.74. The van der Waals surface area contributed by atoms with Gasteiger partial charge in [-0.2, -0.15) is 0 Å². The number of nitrogens with one attached hydrogen (secondary N) is 1. The third-order valence-electron chi connectivity index (χ3n) is 3.88. The van der Waals surface area contributed by atoms with Crippen molar-refractivity contribution >= 4 is 6.09 Å². The molecule has 1 N–H and O–H groups in total. The molecule has 1 heterocycles. The van der Waals surface area contributed by atoms with Crippen molar-refractivity contribution < 1.29 is 14.3 Å². The van der Waals surface area contributed by atoms with E-state index in [2.05, 4.69) is 24.4 Å². The fourth-order valence-corrected chi connectivity index (χ4v) is 2.74. The van der Waals surface area contributed by atoms with Crippen LogP contribution in [0.25, 0.3) is 0 Å². The number of amides is 1. The average molecular weight is 306 g/mol. The number of fused-ring (bicyclic) bond motifs is 1. The van der Waals surface area contributed by atoms with Crippen LogP contribution in [0.4, 0.5) is 4.79 Å². The van der Waals surface area contributed by atoms with Crippen LogP contribution in [0.15, 0.2) is 12.1 Å². The highest BCUT2D eigenvalue weighted by atomic mass is 16.6. The fourth-order valence-electron chi connectivity index (χ4n) is 2.74. The van der Waals surface area contributed by atoms with Crippen LogP contribution in [0.1, 0.15) is 37.0 Å². The average Bonchev–Trinajstić information content (AvgIpc) is 2.54. The van der Waals surface area contributed by atoms with Gasteiger partial charge in [-0.25, -0.2) is 4.79 Å². The van der Waals surface area contributed by atoms with Gasteiger partial charge in [0.2, 0.25) is 0 Å². The van der Waals surface area contributed by atoms with Gasteiger partial charge in [-0.15, -0.1) is 0 Å². The zero-order valence-electron chi connectivity index (χ0n) is 13.8. The maximum absolute atomic E-state index is 11.9. The first-order chi connectivity index (χ1) is 10.7. The Balaban J connectivity index is 2.14. The predicted octanol–water partition coefficient (Wildman–Crippen LogP) is 2.71. The standard InChI is InChI=1S/C17H26N2O3/c1-4-7-18-11-14-9-13-6-8-19(17(20)22-5-2)12-15(13)10-16(14)21-3/h9-10,18H,4-8,11-12H2,1-3H3. The van der Waals surface area contributed by atoms with Gasteiger partial charge in [0.25, 0.3) is 0 Å². The highest BCUT2D eigenvalue weighted by Crippen LogP contribution is 2.28. The Labute approximate surface area is 132 Å². The number of carbonyl (C=O) groups is 1. The Morgan fingerprint density at radius 1 is 1.32 bits per heavy atom. The molecule has 5 heteroatoms. The van der Waals surface area contributed by atoms with E-state index in [0.717, 1.165) is 37.2 Å². The largest absolute Gasteiger partial charge is 0.496 e. The zero-order valence-corrected chi connectivity index (χ0v) is 13.8. The minimum Gasteiger partial charge on any atom is -0.496 e. The number of ether oxygens (including phenoxy) is 2. The lowest BCUT2D eigenvalue weighted by Crippen LogP contribution is -2.36. The summed E-state index contributed by atoms with van der Waals surface area (Å²) in [6, 6.07) is 4.27. The van der Waals surface area contributed by atoms with Crippen molar-refractivity contribution in [3.8, 4) is 5.75 Å². The van der Waals surface area contributed by atoms with E-state index in [-0.39, 0.29) is 6.09 Å². The molecular weight excluding hydrogens is 280 g/mol. The summed E-state index contributed by atoms with van der Waals surface area (Å²) < 4.78 is 10.6. The number of hydrogen-bond acceptors (Lipinski definition) is 4. The molecule has 0 unspecified atom stereocenters. The number of hydrogen-bond donors (Lipinski definition) is 1. The number of benzene rings is 1. The molecule has 1 aliphatic rings. The molecule has 0 radical (unpaired) electrons. The highest BCUT2D eigenvalue weighted by Gasteiger charge is 2.23. The summed E-state index contributed by atoms with van der Waals surface area (Å²) in [7, 11) is 1.69. The third-order valence-corrected chi connectivity index (χ3v) is 3.88. The van der Waals surface area contributed by atoms with Crippen molar-refractivity contribution in [2.45, 2.75) is 39.8 Å². The van der Waals surface area contributed by atoms with Crippen molar-refractivity contribution in [2.75, 3.05) is 26.8 Å². The Hall–Kier alpha value is -1.75. The van der Waals surface area contributed by atoms with E-state index in [9.17, 15) is 4.79 Å². The molecule has 5 nitrogen and oxygen atoms in total. The van der Waals surface area contributed by atoms with E-state index in [1.165, 1.54) is 11.1 Å².